The average molecular weight is 351 g/mol. The Balaban J connectivity index is 1.83. The molecule has 0 fully saturated rings. The van der Waals surface area contributed by atoms with Crippen LogP contribution in [0.1, 0.15) is 28.6 Å². The van der Waals surface area contributed by atoms with Crippen LogP contribution < -0.4 is 0 Å². The van der Waals surface area contributed by atoms with Crippen molar-refractivity contribution >= 4 is 28.7 Å². The SMILES string of the molecule is C[C@@H](C#N)OC(=O)c1oc2ccccc2c1CSCc1ccccc1. The van der Waals surface area contributed by atoms with E-state index < -0.39 is 12.1 Å². The lowest BCUT2D eigenvalue weighted by Gasteiger charge is -2.06. The second-order valence-corrected chi connectivity index (χ2v) is 6.55. The molecule has 3 aromatic rings. The van der Waals surface area contributed by atoms with Gasteiger partial charge in [0.2, 0.25) is 5.76 Å². The monoisotopic (exact) mass is 351 g/mol. The van der Waals surface area contributed by atoms with E-state index in [-0.39, 0.29) is 5.76 Å². The summed E-state index contributed by atoms with van der Waals surface area (Å²) in [5.74, 6) is 1.05. The highest BCUT2D eigenvalue weighted by Gasteiger charge is 2.23. The quantitative estimate of drug-likeness (QED) is 0.589. The van der Waals surface area contributed by atoms with Crippen molar-refractivity contribution < 1.29 is 13.9 Å². The molecule has 0 aliphatic carbocycles. The Hall–Kier alpha value is -2.71. The summed E-state index contributed by atoms with van der Waals surface area (Å²) >= 11 is 1.70. The van der Waals surface area contributed by atoms with Gasteiger partial charge in [-0.1, -0.05) is 48.5 Å². The number of thioether (sulfide) groups is 1. The molecule has 0 saturated carbocycles. The molecule has 0 aliphatic rings. The van der Waals surface area contributed by atoms with Crippen LogP contribution in [-0.4, -0.2) is 12.1 Å². The standard InChI is InChI=1S/C20H17NO3S/c1-14(11-21)23-20(22)19-17(16-9-5-6-10-18(16)24-19)13-25-12-15-7-3-2-4-8-15/h2-10,14H,12-13H2,1H3/t14-/m0/s1. The lowest BCUT2D eigenvalue weighted by Crippen LogP contribution is -2.13. The van der Waals surface area contributed by atoms with Crippen LogP contribution in [0.3, 0.4) is 0 Å². The molecule has 5 heteroatoms. The zero-order valence-electron chi connectivity index (χ0n) is 13.8. The van der Waals surface area contributed by atoms with E-state index in [0.29, 0.717) is 11.3 Å². The van der Waals surface area contributed by atoms with E-state index in [1.54, 1.807) is 11.8 Å². The molecule has 0 amide bonds. The van der Waals surface area contributed by atoms with E-state index in [0.717, 1.165) is 16.7 Å². The van der Waals surface area contributed by atoms with Crippen molar-refractivity contribution in [2.45, 2.75) is 24.5 Å². The van der Waals surface area contributed by atoms with Gasteiger partial charge in [0, 0.05) is 22.5 Å². The number of furan rings is 1. The minimum absolute atomic E-state index is 0.184. The molecule has 1 aromatic heterocycles. The van der Waals surface area contributed by atoms with Gasteiger partial charge in [-0.3, -0.25) is 0 Å². The first-order valence-electron chi connectivity index (χ1n) is 7.91. The van der Waals surface area contributed by atoms with Crippen molar-refractivity contribution in [1.29, 1.82) is 5.26 Å². The van der Waals surface area contributed by atoms with Crippen LogP contribution in [0, 0.1) is 11.3 Å². The molecule has 0 N–H and O–H groups in total. The largest absolute Gasteiger partial charge is 0.449 e. The normalized spacial score (nSPS) is 11.8. The third-order valence-electron chi connectivity index (χ3n) is 3.71. The van der Waals surface area contributed by atoms with Gasteiger partial charge in [-0.05, 0) is 18.6 Å². The molecule has 4 nitrogen and oxygen atoms in total. The van der Waals surface area contributed by atoms with Crippen LogP contribution >= 0.6 is 11.8 Å². The minimum Gasteiger partial charge on any atom is -0.449 e. The number of benzene rings is 2. The summed E-state index contributed by atoms with van der Waals surface area (Å²) < 4.78 is 10.8. The first-order chi connectivity index (χ1) is 12.2. The first kappa shape index (κ1) is 17.1. The fourth-order valence-electron chi connectivity index (χ4n) is 2.49. The summed E-state index contributed by atoms with van der Waals surface area (Å²) in [6, 6.07) is 19.6. The number of nitrogens with zero attached hydrogens (tertiary/aromatic N) is 1. The van der Waals surface area contributed by atoms with Crippen molar-refractivity contribution in [1.82, 2.24) is 0 Å². The van der Waals surface area contributed by atoms with Crippen LogP contribution in [-0.2, 0) is 16.2 Å². The fourth-order valence-corrected chi connectivity index (χ4v) is 3.51. The number of fused-ring (bicyclic) bond motifs is 1. The van der Waals surface area contributed by atoms with Gasteiger partial charge in [-0.15, -0.1) is 0 Å². The molecule has 1 atom stereocenters. The lowest BCUT2D eigenvalue weighted by molar-refractivity contribution is 0.0400. The van der Waals surface area contributed by atoms with Gasteiger partial charge in [0.15, 0.2) is 6.10 Å². The Morgan fingerprint density at radius 3 is 2.64 bits per heavy atom. The van der Waals surface area contributed by atoms with Crippen molar-refractivity contribution in [2.24, 2.45) is 0 Å². The molecule has 25 heavy (non-hydrogen) atoms. The van der Waals surface area contributed by atoms with E-state index in [4.69, 9.17) is 14.4 Å². The number of ether oxygens (including phenoxy) is 1. The minimum atomic E-state index is -0.814. The summed E-state index contributed by atoms with van der Waals surface area (Å²) in [7, 11) is 0. The third kappa shape index (κ3) is 4.04. The number of esters is 1. The Bertz CT molecular complexity index is 912. The Kier molecular flexibility index (Phi) is 5.42. The topological polar surface area (TPSA) is 63.2 Å². The highest BCUT2D eigenvalue weighted by atomic mass is 32.2. The third-order valence-corrected chi connectivity index (χ3v) is 4.74. The van der Waals surface area contributed by atoms with Crippen molar-refractivity contribution in [3.05, 3.63) is 71.5 Å². The Morgan fingerprint density at radius 1 is 1.16 bits per heavy atom. The summed E-state index contributed by atoms with van der Waals surface area (Å²) in [6.07, 6.45) is -0.814. The van der Waals surface area contributed by atoms with Crippen LogP contribution in [0.15, 0.2) is 59.0 Å². The number of hydrogen-bond donors (Lipinski definition) is 0. The van der Waals surface area contributed by atoms with Crippen molar-refractivity contribution in [3.8, 4) is 6.07 Å². The van der Waals surface area contributed by atoms with Crippen LogP contribution in [0.25, 0.3) is 11.0 Å². The molecule has 0 aliphatic heterocycles. The maximum atomic E-state index is 12.4. The number of nitriles is 1. The van der Waals surface area contributed by atoms with Gasteiger partial charge < -0.3 is 9.15 Å². The van der Waals surface area contributed by atoms with Crippen molar-refractivity contribution in [2.75, 3.05) is 0 Å². The predicted octanol–water partition coefficient (Wildman–Crippen LogP) is 4.94. The predicted molar refractivity (Wildman–Crippen MR) is 98.1 cm³/mol. The highest BCUT2D eigenvalue weighted by Crippen LogP contribution is 2.31. The maximum Gasteiger partial charge on any atom is 0.375 e. The summed E-state index contributed by atoms with van der Waals surface area (Å²) in [6.45, 7) is 1.53. The molecule has 126 valence electrons. The molecular weight excluding hydrogens is 334 g/mol. The van der Waals surface area contributed by atoms with Gasteiger partial charge >= 0.3 is 5.97 Å². The molecule has 0 saturated heterocycles. The number of para-hydroxylation sites is 1. The zero-order valence-corrected chi connectivity index (χ0v) is 14.6. The molecule has 3 rings (SSSR count). The van der Waals surface area contributed by atoms with E-state index in [1.807, 2.05) is 48.5 Å². The van der Waals surface area contributed by atoms with E-state index in [1.165, 1.54) is 12.5 Å². The maximum absolute atomic E-state index is 12.4. The van der Waals surface area contributed by atoms with Gasteiger partial charge in [-0.2, -0.15) is 17.0 Å². The second kappa shape index (κ2) is 7.91. The van der Waals surface area contributed by atoms with Gasteiger partial charge in [-0.25, -0.2) is 4.79 Å². The van der Waals surface area contributed by atoms with Gasteiger partial charge in [0.25, 0.3) is 0 Å². The summed E-state index contributed by atoms with van der Waals surface area (Å²) in [4.78, 5) is 12.4. The van der Waals surface area contributed by atoms with E-state index >= 15 is 0 Å². The highest BCUT2D eigenvalue weighted by molar-refractivity contribution is 7.97. The Labute approximate surface area is 150 Å². The van der Waals surface area contributed by atoms with E-state index in [9.17, 15) is 4.79 Å². The van der Waals surface area contributed by atoms with Crippen LogP contribution in [0.2, 0.25) is 0 Å². The fraction of sp³-hybridized carbons (Fsp3) is 0.200. The smallest absolute Gasteiger partial charge is 0.375 e. The molecule has 0 unspecified atom stereocenters. The Morgan fingerprint density at radius 2 is 1.88 bits per heavy atom. The van der Waals surface area contributed by atoms with Crippen LogP contribution in [0.4, 0.5) is 0 Å². The molecular formula is C20H17NO3S. The number of carbonyl (C=O) groups excluding carboxylic acids is 1. The lowest BCUT2D eigenvalue weighted by atomic mass is 10.1. The summed E-state index contributed by atoms with van der Waals surface area (Å²) in [5, 5.41) is 9.75. The molecule has 0 spiro atoms. The summed E-state index contributed by atoms with van der Waals surface area (Å²) in [5.41, 5.74) is 2.68. The van der Waals surface area contributed by atoms with Gasteiger partial charge in [0.1, 0.15) is 11.7 Å². The zero-order chi connectivity index (χ0) is 17.6. The van der Waals surface area contributed by atoms with Gasteiger partial charge in [0.05, 0.1) is 0 Å². The van der Waals surface area contributed by atoms with E-state index in [2.05, 4.69) is 12.1 Å². The number of rotatable bonds is 6. The molecule has 2 aromatic carbocycles. The first-order valence-corrected chi connectivity index (χ1v) is 9.07. The molecule has 0 radical (unpaired) electrons. The molecule has 0 bridgehead atoms. The average Bonchev–Trinajstić information content (AvgIpc) is 3.01. The van der Waals surface area contributed by atoms with Crippen LogP contribution in [0.5, 0.6) is 0 Å². The second-order valence-electron chi connectivity index (χ2n) is 5.56. The van der Waals surface area contributed by atoms with Crippen molar-refractivity contribution in [3.63, 3.8) is 0 Å². The molecule has 1 heterocycles. The number of carbonyl (C=O) groups is 1. The number of hydrogen-bond acceptors (Lipinski definition) is 5.